The number of benzene rings is 1. The second kappa shape index (κ2) is 5.15. The van der Waals surface area contributed by atoms with Crippen LogP contribution in [0, 0.1) is 0 Å². The van der Waals surface area contributed by atoms with Crippen LogP contribution in [0.15, 0.2) is 24.4 Å². The van der Waals surface area contributed by atoms with Crippen LogP contribution in [-0.2, 0) is 0 Å². The molecule has 0 unspecified atom stereocenters. The van der Waals surface area contributed by atoms with Crippen LogP contribution in [0.3, 0.4) is 0 Å². The van der Waals surface area contributed by atoms with Gasteiger partial charge in [0.1, 0.15) is 6.54 Å². The Kier molecular flexibility index (Phi) is 3.69. The molecule has 1 amide bonds. The molecule has 1 aromatic heterocycles. The molecule has 0 saturated carbocycles. The van der Waals surface area contributed by atoms with Crippen LogP contribution in [0.25, 0.3) is 10.9 Å². The van der Waals surface area contributed by atoms with Gasteiger partial charge in [0.05, 0.1) is 11.7 Å². The van der Waals surface area contributed by atoms with Gasteiger partial charge in [-0.3, -0.25) is 9.89 Å². The van der Waals surface area contributed by atoms with E-state index in [1.165, 1.54) is 12.1 Å². The molecule has 2 aromatic rings. The predicted molar refractivity (Wildman–Crippen MR) is 68.3 cm³/mol. The van der Waals surface area contributed by atoms with Crippen molar-refractivity contribution < 1.29 is 18.0 Å². The van der Waals surface area contributed by atoms with Crippen molar-refractivity contribution in [2.75, 3.05) is 6.54 Å². The Bertz CT molecular complexity index is 619. The number of aromatic nitrogens is 2. The average Bonchev–Trinajstić information content (AvgIpc) is 2.80. The van der Waals surface area contributed by atoms with Gasteiger partial charge in [0.25, 0.3) is 5.91 Å². The molecule has 0 bridgehead atoms. The van der Waals surface area contributed by atoms with E-state index in [1.807, 2.05) is 0 Å². The van der Waals surface area contributed by atoms with Gasteiger partial charge in [-0.2, -0.15) is 18.3 Å². The molecule has 2 rings (SSSR count). The van der Waals surface area contributed by atoms with E-state index in [9.17, 15) is 18.0 Å². The number of aromatic amines is 1. The molecule has 1 N–H and O–H groups in total. The minimum absolute atomic E-state index is 0.208. The molecule has 108 valence electrons. The molecule has 7 heteroatoms. The van der Waals surface area contributed by atoms with Gasteiger partial charge >= 0.3 is 6.18 Å². The van der Waals surface area contributed by atoms with Crippen LogP contribution >= 0.6 is 0 Å². The summed E-state index contributed by atoms with van der Waals surface area (Å²) in [6.45, 7) is 1.85. The molecule has 0 aliphatic carbocycles. The number of carbonyl (C=O) groups excluding carboxylic acids is 1. The van der Waals surface area contributed by atoms with Crippen LogP contribution in [0.1, 0.15) is 24.2 Å². The molecule has 20 heavy (non-hydrogen) atoms. The Balaban J connectivity index is 2.30. The molecular formula is C13H14F3N3O. The Morgan fingerprint density at radius 2 is 2.10 bits per heavy atom. The normalized spacial score (nSPS) is 12.1. The summed E-state index contributed by atoms with van der Waals surface area (Å²) in [5, 5.41) is 7.30. The fraction of sp³-hybridized carbons (Fsp3) is 0.385. The third kappa shape index (κ3) is 3.09. The number of fused-ring (bicyclic) bond motifs is 1. The number of carbonyl (C=O) groups is 1. The predicted octanol–water partition coefficient (Wildman–Crippen LogP) is 2.98. The van der Waals surface area contributed by atoms with E-state index in [-0.39, 0.29) is 5.56 Å². The molecule has 4 nitrogen and oxygen atoms in total. The van der Waals surface area contributed by atoms with Crippen molar-refractivity contribution in [1.29, 1.82) is 0 Å². The fourth-order valence-electron chi connectivity index (χ4n) is 1.92. The molecule has 0 atom stereocenters. The lowest BCUT2D eigenvalue weighted by molar-refractivity contribution is -0.143. The lowest BCUT2D eigenvalue weighted by Crippen LogP contribution is -2.43. The maximum atomic E-state index is 12.5. The number of alkyl halides is 3. The Morgan fingerprint density at radius 1 is 1.40 bits per heavy atom. The summed E-state index contributed by atoms with van der Waals surface area (Å²) in [6.07, 6.45) is -2.84. The maximum Gasteiger partial charge on any atom is 0.406 e. The van der Waals surface area contributed by atoms with Gasteiger partial charge in [0.2, 0.25) is 0 Å². The Labute approximate surface area is 113 Å². The van der Waals surface area contributed by atoms with Crippen molar-refractivity contribution >= 4 is 16.8 Å². The maximum absolute atomic E-state index is 12.5. The van der Waals surface area contributed by atoms with Crippen molar-refractivity contribution in [3.63, 3.8) is 0 Å². The highest BCUT2D eigenvalue weighted by Crippen LogP contribution is 2.21. The quantitative estimate of drug-likeness (QED) is 0.942. The summed E-state index contributed by atoms with van der Waals surface area (Å²) in [4.78, 5) is 13.0. The monoisotopic (exact) mass is 285 g/mol. The SMILES string of the molecule is CC(C)N(CC(F)(F)F)C(=O)c1ccc2cn[nH]c2c1. The van der Waals surface area contributed by atoms with Crippen molar-refractivity contribution in [3.05, 3.63) is 30.0 Å². The third-order valence-corrected chi connectivity index (χ3v) is 2.92. The fourth-order valence-corrected chi connectivity index (χ4v) is 1.92. The van der Waals surface area contributed by atoms with E-state index in [1.54, 1.807) is 26.1 Å². The van der Waals surface area contributed by atoms with Crippen LogP contribution in [0.5, 0.6) is 0 Å². The second-order valence-electron chi connectivity index (χ2n) is 4.81. The van der Waals surface area contributed by atoms with Crippen LogP contribution < -0.4 is 0 Å². The number of H-pyrrole nitrogens is 1. The minimum atomic E-state index is -4.42. The number of amides is 1. The summed E-state index contributed by atoms with van der Waals surface area (Å²) >= 11 is 0. The summed E-state index contributed by atoms with van der Waals surface area (Å²) in [6, 6.07) is 4.13. The second-order valence-corrected chi connectivity index (χ2v) is 4.81. The van der Waals surface area contributed by atoms with Crippen LogP contribution in [-0.4, -0.2) is 39.8 Å². The smallest absolute Gasteiger partial charge is 0.327 e. The van der Waals surface area contributed by atoms with Gasteiger partial charge < -0.3 is 4.90 Å². The number of hydrogen-bond acceptors (Lipinski definition) is 2. The van der Waals surface area contributed by atoms with E-state index in [0.717, 1.165) is 10.3 Å². The summed E-state index contributed by atoms with van der Waals surface area (Å²) < 4.78 is 37.6. The van der Waals surface area contributed by atoms with E-state index in [0.29, 0.717) is 5.52 Å². The van der Waals surface area contributed by atoms with E-state index in [2.05, 4.69) is 10.2 Å². The molecule has 0 spiro atoms. The molecule has 0 fully saturated rings. The van der Waals surface area contributed by atoms with E-state index >= 15 is 0 Å². The van der Waals surface area contributed by atoms with Gasteiger partial charge in [-0.05, 0) is 26.0 Å². The Morgan fingerprint density at radius 3 is 2.70 bits per heavy atom. The van der Waals surface area contributed by atoms with Gasteiger partial charge in [-0.25, -0.2) is 0 Å². The zero-order valence-corrected chi connectivity index (χ0v) is 11.0. The highest BCUT2D eigenvalue weighted by atomic mass is 19.4. The molecule has 0 aliphatic rings. The molecule has 0 saturated heterocycles. The van der Waals surface area contributed by atoms with Gasteiger partial charge in [0.15, 0.2) is 0 Å². The Hall–Kier alpha value is -2.05. The number of nitrogens with one attached hydrogen (secondary N) is 1. The van der Waals surface area contributed by atoms with E-state index < -0.39 is 24.7 Å². The average molecular weight is 285 g/mol. The molecule has 0 radical (unpaired) electrons. The molecule has 1 heterocycles. The minimum Gasteiger partial charge on any atom is -0.327 e. The summed E-state index contributed by atoms with van der Waals surface area (Å²) in [7, 11) is 0. The zero-order valence-electron chi connectivity index (χ0n) is 11.0. The number of hydrogen-bond donors (Lipinski definition) is 1. The van der Waals surface area contributed by atoms with Crippen molar-refractivity contribution in [3.8, 4) is 0 Å². The van der Waals surface area contributed by atoms with E-state index in [4.69, 9.17) is 0 Å². The lowest BCUT2D eigenvalue weighted by atomic mass is 10.1. The van der Waals surface area contributed by atoms with Crippen molar-refractivity contribution in [1.82, 2.24) is 15.1 Å². The van der Waals surface area contributed by atoms with Gasteiger partial charge in [-0.1, -0.05) is 6.07 Å². The lowest BCUT2D eigenvalue weighted by Gasteiger charge is -2.27. The first-order valence-electron chi connectivity index (χ1n) is 6.09. The third-order valence-electron chi connectivity index (χ3n) is 2.92. The molecular weight excluding hydrogens is 271 g/mol. The van der Waals surface area contributed by atoms with Crippen LogP contribution in [0.4, 0.5) is 13.2 Å². The first-order chi connectivity index (χ1) is 9.28. The topological polar surface area (TPSA) is 49.0 Å². The highest BCUT2D eigenvalue weighted by Gasteiger charge is 2.34. The number of halogens is 3. The van der Waals surface area contributed by atoms with Gasteiger partial charge in [-0.15, -0.1) is 0 Å². The van der Waals surface area contributed by atoms with Crippen molar-refractivity contribution in [2.24, 2.45) is 0 Å². The number of nitrogens with zero attached hydrogens (tertiary/aromatic N) is 2. The summed E-state index contributed by atoms with van der Waals surface area (Å²) in [5.41, 5.74) is 0.825. The number of rotatable bonds is 3. The van der Waals surface area contributed by atoms with Crippen molar-refractivity contribution in [2.45, 2.75) is 26.1 Å². The standard InChI is InChI=1S/C13H14F3N3O/c1-8(2)19(7-13(14,15)16)12(20)9-3-4-10-6-17-18-11(10)5-9/h3-6,8H,7H2,1-2H3,(H,17,18). The first-order valence-corrected chi connectivity index (χ1v) is 6.09. The first kappa shape index (κ1) is 14.4. The van der Waals surface area contributed by atoms with Gasteiger partial charge in [0, 0.05) is 17.0 Å². The summed E-state index contributed by atoms with van der Waals surface area (Å²) in [5.74, 6) is -0.645. The van der Waals surface area contributed by atoms with Crippen LogP contribution in [0.2, 0.25) is 0 Å². The zero-order chi connectivity index (χ0) is 14.9. The largest absolute Gasteiger partial charge is 0.406 e. The molecule has 1 aromatic carbocycles. The highest BCUT2D eigenvalue weighted by molar-refractivity contribution is 5.97. The molecule has 0 aliphatic heterocycles.